The highest BCUT2D eigenvalue weighted by molar-refractivity contribution is 5.56. The monoisotopic (exact) mass is 448 g/mol. The molecule has 0 bridgehead atoms. The summed E-state index contributed by atoms with van der Waals surface area (Å²) in [5.41, 5.74) is 5.37. The zero-order chi connectivity index (χ0) is 23.2. The summed E-state index contributed by atoms with van der Waals surface area (Å²) in [4.78, 5) is 5.20. The van der Waals surface area contributed by atoms with Crippen LogP contribution in [-0.2, 0) is 19.5 Å². The van der Waals surface area contributed by atoms with Gasteiger partial charge in [-0.3, -0.25) is 4.90 Å². The van der Waals surface area contributed by atoms with Crippen molar-refractivity contribution in [3.05, 3.63) is 132 Å². The van der Waals surface area contributed by atoms with Gasteiger partial charge in [0.2, 0.25) is 0 Å². The Kier molecular flexibility index (Phi) is 6.92. The average Bonchev–Trinajstić information content (AvgIpc) is 3.69. The lowest BCUT2D eigenvalue weighted by Crippen LogP contribution is -2.41. The van der Waals surface area contributed by atoms with Crippen molar-refractivity contribution in [2.24, 2.45) is 0 Å². The van der Waals surface area contributed by atoms with Crippen LogP contribution in [0.1, 0.15) is 16.7 Å². The fraction of sp³-hybridized carbons (Fsp3) is 0.226. The molecule has 0 unspecified atom stereocenters. The number of methoxy groups -OCH3 is 1. The summed E-state index contributed by atoms with van der Waals surface area (Å²) >= 11 is 0. The average molecular weight is 449 g/mol. The summed E-state index contributed by atoms with van der Waals surface area (Å²) in [7, 11) is 1.72. The molecule has 1 aliphatic rings. The lowest BCUT2D eigenvalue weighted by molar-refractivity contribution is 0.175. The molecule has 2 atom stereocenters. The van der Waals surface area contributed by atoms with Gasteiger partial charge in [0.05, 0.1) is 13.2 Å². The van der Waals surface area contributed by atoms with Crippen LogP contribution in [0.25, 0.3) is 0 Å². The van der Waals surface area contributed by atoms with E-state index in [1.54, 1.807) is 7.11 Å². The van der Waals surface area contributed by atoms with Gasteiger partial charge in [-0.2, -0.15) is 0 Å². The molecular formula is C31H32N2O. The molecule has 0 radical (unpaired) electrons. The SMILES string of the molecule is COc1ccc(N2C[C@H]2[C@H](Cc2ccccc2)N(Cc2ccccc2)Cc2ccccc2)cc1. The highest BCUT2D eigenvalue weighted by Gasteiger charge is 2.43. The second kappa shape index (κ2) is 10.6. The molecule has 0 aliphatic carbocycles. The summed E-state index contributed by atoms with van der Waals surface area (Å²) in [5, 5.41) is 0. The summed E-state index contributed by atoms with van der Waals surface area (Å²) in [6.07, 6.45) is 1.03. The summed E-state index contributed by atoms with van der Waals surface area (Å²) in [6, 6.07) is 42.0. The molecule has 34 heavy (non-hydrogen) atoms. The molecule has 3 nitrogen and oxygen atoms in total. The van der Waals surface area contributed by atoms with E-state index in [9.17, 15) is 0 Å². The largest absolute Gasteiger partial charge is 0.497 e. The first kappa shape index (κ1) is 22.2. The fourth-order valence-electron chi connectivity index (χ4n) is 4.84. The minimum Gasteiger partial charge on any atom is -0.497 e. The third-order valence-corrected chi connectivity index (χ3v) is 6.71. The highest BCUT2D eigenvalue weighted by Crippen LogP contribution is 2.35. The third kappa shape index (κ3) is 5.49. The molecule has 4 aromatic rings. The minimum absolute atomic E-state index is 0.393. The van der Waals surface area contributed by atoms with Crippen LogP contribution in [0.5, 0.6) is 5.75 Å². The zero-order valence-electron chi connectivity index (χ0n) is 19.8. The molecule has 1 saturated heterocycles. The quantitative estimate of drug-likeness (QED) is 0.269. The van der Waals surface area contributed by atoms with Crippen LogP contribution in [0, 0.1) is 0 Å². The Morgan fingerprint density at radius 3 is 1.71 bits per heavy atom. The molecule has 1 fully saturated rings. The van der Waals surface area contributed by atoms with E-state index in [1.807, 2.05) is 0 Å². The first-order valence-electron chi connectivity index (χ1n) is 12.1. The van der Waals surface area contributed by atoms with Crippen LogP contribution in [0.2, 0.25) is 0 Å². The van der Waals surface area contributed by atoms with Gasteiger partial charge in [0, 0.05) is 31.4 Å². The number of benzene rings is 4. The van der Waals surface area contributed by atoms with Crippen molar-refractivity contribution in [2.75, 3.05) is 18.6 Å². The van der Waals surface area contributed by atoms with Crippen LogP contribution in [0.4, 0.5) is 5.69 Å². The van der Waals surface area contributed by atoms with Gasteiger partial charge in [0.15, 0.2) is 0 Å². The van der Waals surface area contributed by atoms with E-state index in [2.05, 4.69) is 125 Å². The van der Waals surface area contributed by atoms with Gasteiger partial charge in [-0.25, -0.2) is 0 Å². The topological polar surface area (TPSA) is 15.5 Å². The third-order valence-electron chi connectivity index (χ3n) is 6.71. The Morgan fingerprint density at radius 2 is 1.21 bits per heavy atom. The molecule has 0 aromatic heterocycles. The normalized spacial score (nSPS) is 15.8. The number of hydrogen-bond acceptors (Lipinski definition) is 3. The molecule has 4 aromatic carbocycles. The van der Waals surface area contributed by atoms with Gasteiger partial charge in [-0.15, -0.1) is 0 Å². The van der Waals surface area contributed by atoms with Crippen LogP contribution < -0.4 is 9.64 Å². The first-order chi connectivity index (χ1) is 16.8. The second-order valence-electron chi connectivity index (χ2n) is 9.05. The van der Waals surface area contributed by atoms with Crippen molar-refractivity contribution in [3.8, 4) is 5.75 Å². The minimum atomic E-state index is 0.393. The highest BCUT2D eigenvalue weighted by atomic mass is 16.5. The van der Waals surface area contributed by atoms with E-state index in [0.29, 0.717) is 12.1 Å². The second-order valence-corrected chi connectivity index (χ2v) is 9.05. The Morgan fingerprint density at radius 1 is 0.706 bits per heavy atom. The Bertz CT molecular complexity index is 1100. The van der Waals surface area contributed by atoms with E-state index >= 15 is 0 Å². The van der Waals surface area contributed by atoms with Crippen molar-refractivity contribution in [2.45, 2.75) is 31.6 Å². The number of nitrogens with zero attached hydrogens (tertiary/aromatic N) is 2. The van der Waals surface area contributed by atoms with Crippen molar-refractivity contribution >= 4 is 5.69 Å². The summed E-state index contributed by atoms with van der Waals surface area (Å²) < 4.78 is 5.37. The summed E-state index contributed by atoms with van der Waals surface area (Å²) in [6.45, 7) is 2.93. The molecule has 0 saturated carbocycles. The molecule has 3 heteroatoms. The molecule has 5 rings (SSSR count). The van der Waals surface area contributed by atoms with Gasteiger partial charge in [0.25, 0.3) is 0 Å². The number of ether oxygens (including phenoxy) is 1. The van der Waals surface area contributed by atoms with Gasteiger partial charge in [-0.1, -0.05) is 91.0 Å². The van der Waals surface area contributed by atoms with Crippen LogP contribution >= 0.6 is 0 Å². The summed E-state index contributed by atoms with van der Waals surface area (Å²) in [5.74, 6) is 0.901. The van der Waals surface area contributed by atoms with E-state index in [-0.39, 0.29) is 0 Å². The maximum absolute atomic E-state index is 5.37. The number of rotatable bonds is 10. The van der Waals surface area contributed by atoms with Crippen LogP contribution in [0.3, 0.4) is 0 Å². The molecule has 0 amide bonds. The van der Waals surface area contributed by atoms with E-state index in [0.717, 1.165) is 31.8 Å². The van der Waals surface area contributed by atoms with E-state index < -0.39 is 0 Å². The van der Waals surface area contributed by atoms with Gasteiger partial charge in [-0.05, 0) is 47.4 Å². The Labute approximate surface area is 203 Å². The lowest BCUT2D eigenvalue weighted by Gasteiger charge is -2.33. The first-order valence-corrected chi connectivity index (χ1v) is 12.1. The number of anilines is 1. The maximum atomic E-state index is 5.37. The predicted molar refractivity (Wildman–Crippen MR) is 140 cm³/mol. The molecule has 0 spiro atoms. The van der Waals surface area contributed by atoms with Crippen molar-refractivity contribution in [1.29, 1.82) is 0 Å². The number of hydrogen-bond donors (Lipinski definition) is 0. The Balaban J connectivity index is 1.45. The predicted octanol–water partition coefficient (Wildman–Crippen LogP) is 6.20. The van der Waals surface area contributed by atoms with E-state index in [1.165, 1.54) is 22.4 Å². The Hall–Kier alpha value is -3.56. The van der Waals surface area contributed by atoms with Crippen molar-refractivity contribution < 1.29 is 4.74 Å². The van der Waals surface area contributed by atoms with Crippen molar-refractivity contribution in [3.63, 3.8) is 0 Å². The molecule has 172 valence electrons. The molecule has 1 aliphatic heterocycles. The molecule has 0 N–H and O–H groups in total. The fourth-order valence-corrected chi connectivity index (χ4v) is 4.84. The zero-order valence-corrected chi connectivity index (χ0v) is 19.8. The standard InChI is InChI=1S/C31H32N2O/c1-34-29-19-17-28(18-20-29)33-24-31(33)30(21-25-11-5-2-6-12-25)32(22-26-13-7-3-8-14-26)23-27-15-9-4-10-16-27/h2-20,30-31H,21-24H2,1H3/t30-,31-,33?/m0/s1. The van der Waals surface area contributed by atoms with Crippen molar-refractivity contribution in [1.82, 2.24) is 4.90 Å². The maximum Gasteiger partial charge on any atom is 0.119 e. The van der Waals surface area contributed by atoms with Crippen LogP contribution in [0.15, 0.2) is 115 Å². The van der Waals surface area contributed by atoms with Gasteiger partial charge in [0.1, 0.15) is 5.75 Å². The van der Waals surface area contributed by atoms with Gasteiger partial charge >= 0.3 is 0 Å². The van der Waals surface area contributed by atoms with Crippen LogP contribution in [-0.4, -0.2) is 30.6 Å². The lowest BCUT2D eigenvalue weighted by atomic mass is 9.99. The molecular weight excluding hydrogens is 416 g/mol. The molecule has 1 heterocycles. The van der Waals surface area contributed by atoms with E-state index in [4.69, 9.17) is 4.74 Å². The smallest absolute Gasteiger partial charge is 0.119 e. The van der Waals surface area contributed by atoms with Gasteiger partial charge < -0.3 is 9.64 Å².